The number of amides is 1. The Hall–Kier alpha value is -2.37. The summed E-state index contributed by atoms with van der Waals surface area (Å²) in [4.78, 5) is 16.6. The summed E-state index contributed by atoms with van der Waals surface area (Å²) in [7, 11) is 1.65. The minimum Gasteiger partial charge on any atom is -0.497 e. The number of carbonyl (C=O) groups is 1. The molecule has 6 heteroatoms. The van der Waals surface area contributed by atoms with Crippen LogP contribution in [0.1, 0.15) is 30.1 Å². The van der Waals surface area contributed by atoms with Crippen molar-refractivity contribution in [3.63, 3.8) is 0 Å². The van der Waals surface area contributed by atoms with Crippen LogP contribution in [0.2, 0.25) is 0 Å². The van der Waals surface area contributed by atoms with Gasteiger partial charge in [0.1, 0.15) is 17.9 Å². The van der Waals surface area contributed by atoms with Gasteiger partial charge in [-0.2, -0.15) is 5.10 Å². The van der Waals surface area contributed by atoms with Crippen molar-refractivity contribution < 1.29 is 9.53 Å². The predicted octanol–water partition coefficient (Wildman–Crippen LogP) is 1.52. The van der Waals surface area contributed by atoms with Gasteiger partial charge in [0.25, 0.3) is 0 Å². The van der Waals surface area contributed by atoms with Crippen molar-refractivity contribution in [2.75, 3.05) is 13.7 Å². The molecule has 1 amide bonds. The fourth-order valence-corrected chi connectivity index (χ4v) is 2.78. The van der Waals surface area contributed by atoms with E-state index in [9.17, 15) is 4.79 Å². The van der Waals surface area contributed by atoms with E-state index in [2.05, 4.69) is 15.4 Å². The quantitative estimate of drug-likeness (QED) is 0.909. The van der Waals surface area contributed by atoms with E-state index in [1.165, 1.54) is 11.9 Å². The lowest BCUT2D eigenvalue weighted by Gasteiger charge is -2.21. The smallest absolute Gasteiger partial charge is 0.230 e. The van der Waals surface area contributed by atoms with E-state index in [0.29, 0.717) is 6.54 Å². The molecular weight excluding hydrogens is 280 g/mol. The first-order valence-electron chi connectivity index (χ1n) is 7.56. The van der Waals surface area contributed by atoms with Gasteiger partial charge >= 0.3 is 0 Å². The van der Waals surface area contributed by atoms with Crippen LogP contribution in [-0.2, 0) is 17.8 Å². The summed E-state index contributed by atoms with van der Waals surface area (Å²) in [5.41, 5.74) is 1.17. The molecule has 3 rings (SSSR count). The van der Waals surface area contributed by atoms with E-state index in [0.717, 1.165) is 37.4 Å². The third kappa shape index (κ3) is 3.10. The van der Waals surface area contributed by atoms with Gasteiger partial charge in [0.2, 0.25) is 5.91 Å². The van der Waals surface area contributed by atoms with Crippen LogP contribution in [0.3, 0.4) is 0 Å². The maximum atomic E-state index is 12.3. The Morgan fingerprint density at radius 3 is 3.00 bits per heavy atom. The number of methoxy groups -OCH3 is 1. The molecule has 0 radical (unpaired) electrons. The number of carbonyl (C=O) groups excluding carboxylic acids is 1. The van der Waals surface area contributed by atoms with E-state index >= 15 is 0 Å². The molecule has 0 fully saturated rings. The lowest BCUT2D eigenvalue weighted by atomic mass is 9.98. The standard InChI is InChI=1S/C16H20N4O2/c1-22-13-6-4-12(5-7-13)8-9-17-16(21)14-3-2-10-20-15(14)18-11-19-20/h4-7,11,14H,2-3,8-10H2,1H3,(H,17,21). The average Bonchev–Trinajstić information content (AvgIpc) is 3.04. The van der Waals surface area contributed by atoms with Crippen LogP contribution < -0.4 is 10.1 Å². The van der Waals surface area contributed by atoms with Gasteiger partial charge in [0.15, 0.2) is 0 Å². The summed E-state index contributed by atoms with van der Waals surface area (Å²) in [5.74, 6) is 1.50. The van der Waals surface area contributed by atoms with Crippen LogP contribution in [-0.4, -0.2) is 34.3 Å². The molecular formula is C16H20N4O2. The highest BCUT2D eigenvalue weighted by Gasteiger charge is 2.28. The normalized spacial score (nSPS) is 16.9. The van der Waals surface area contributed by atoms with Crippen LogP contribution in [0.15, 0.2) is 30.6 Å². The van der Waals surface area contributed by atoms with E-state index in [-0.39, 0.29) is 11.8 Å². The minimum absolute atomic E-state index is 0.0439. The van der Waals surface area contributed by atoms with Crippen LogP contribution >= 0.6 is 0 Å². The van der Waals surface area contributed by atoms with Gasteiger partial charge < -0.3 is 10.1 Å². The van der Waals surface area contributed by atoms with E-state index in [1.807, 2.05) is 28.9 Å². The molecule has 0 spiro atoms. The van der Waals surface area contributed by atoms with Crippen LogP contribution in [0.5, 0.6) is 5.75 Å². The molecule has 116 valence electrons. The Labute approximate surface area is 129 Å². The number of aromatic nitrogens is 3. The van der Waals surface area contributed by atoms with Crippen molar-refractivity contribution in [3.8, 4) is 5.75 Å². The van der Waals surface area contributed by atoms with Gasteiger partial charge in [-0.05, 0) is 37.0 Å². The maximum absolute atomic E-state index is 12.3. The second-order valence-corrected chi connectivity index (χ2v) is 5.43. The molecule has 0 aliphatic carbocycles. The molecule has 1 unspecified atom stereocenters. The first-order chi connectivity index (χ1) is 10.8. The average molecular weight is 300 g/mol. The van der Waals surface area contributed by atoms with E-state index in [1.54, 1.807) is 7.11 Å². The van der Waals surface area contributed by atoms with Crippen LogP contribution in [0, 0.1) is 0 Å². The summed E-state index contributed by atoms with van der Waals surface area (Å²) in [6, 6.07) is 7.89. The van der Waals surface area contributed by atoms with Gasteiger partial charge in [-0.15, -0.1) is 0 Å². The van der Waals surface area contributed by atoms with Crippen molar-refractivity contribution in [2.24, 2.45) is 0 Å². The molecule has 1 aliphatic heterocycles. The number of nitrogens with zero attached hydrogens (tertiary/aromatic N) is 3. The molecule has 22 heavy (non-hydrogen) atoms. The molecule has 0 saturated heterocycles. The highest BCUT2D eigenvalue weighted by Crippen LogP contribution is 2.24. The van der Waals surface area contributed by atoms with E-state index in [4.69, 9.17) is 4.74 Å². The Morgan fingerprint density at radius 1 is 1.41 bits per heavy atom. The Bertz CT molecular complexity index is 636. The Balaban J connectivity index is 1.53. The third-order valence-corrected chi connectivity index (χ3v) is 4.01. The number of hydrogen-bond acceptors (Lipinski definition) is 4. The Kier molecular flexibility index (Phi) is 4.37. The SMILES string of the molecule is COc1ccc(CCNC(=O)C2CCCn3ncnc32)cc1. The summed E-state index contributed by atoms with van der Waals surface area (Å²) in [5, 5.41) is 7.16. The zero-order valence-corrected chi connectivity index (χ0v) is 12.7. The first-order valence-corrected chi connectivity index (χ1v) is 7.56. The fraction of sp³-hybridized carbons (Fsp3) is 0.438. The number of fused-ring (bicyclic) bond motifs is 1. The number of benzene rings is 1. The molecule has 2 heterocycles. The minimum atomic E-state index is -0.174. The molecule has 0 bridgehead atoms. The largest absolute Gasteiger partial charge is 0.497 e. The summed E-state index contributed by atoms with van der Waals surface area (Å²) in [6.45, 7) is 1.47. The topological polar surface area (TPSA) is 69.0 Å². The zero-order chi connectivity index (χ0) is 15.4. The van der Waals surface area contributed by atoms with Crippen molar-refractivity contribution in [2.45, 2.75) is 31.7 Å². The zero-order valence-electron chi connectivity index (χ0n) is 12.7. The molecule has 2 aromatic rings. The number of aryl methyl sites for hydroxylation is 1. The highest BCUT2D eigenvalue weighted by atomic mass is 16.5. The number of hydrogen-bond donors (Lipinski definition) is 1. The van der Waals surface area contributed by atoms with Crippen LogP contribution in [0.25, 0.3) is 0 Å². The lowest BCUT2D eigenvalue weighted by Crippen LogP contribution is -2.34. The van der Waals surface area contributed by atoms with E-state index < -0.39 is 0 Å². The number of nitrogens with one attached hydrogen (secondary N) is 1. The highest BCUT2D eigenvalue weighted by molar-refractivity contribution is 5.82. The van der Waals surface area contributed by atoms with Gasteiger partial charge in [-0.3, -0.25) is 4.79 Å². The maximum Gasteiger partial charge on any atom is 0.230 e. The molecule has 1 N–H and O–H groups in total. The van der Waals surface area contributed by atoms with Crippen LogP contribution in [0.4, 0.5) is 0 Å². The second-order valence-electron chi connectivity index (χ2n) is 5.43. The monoisotopic (exact) mass is 300 g/mol. The summed E-state index contributed by atoms with van der Waals surface area (Å²) < 4.78 is 6.96. The van der Waals surface area contributed by atoms with Gasteiger partial charge in [-0.25, -0.2) is 9.67 Å². The van der Waals surface area contributed by atoms with Crippen molar-refractivity contribution in [3.05, 3.63) is 42.0 Å². The second kappa shape index (κ2) is 6.60. The van der Waals surface area contributed by atoms with Crippen molar-refractivity contribution >= 4 is 5.91 Å². The molecule has 6 nitrogen and oxygen atoms in total. The molecule has 1 aliphatic rings. The van der Waals surface area contributed by atoms with Crippen molar-refractivity contribution in [1.29, 1.82) is 0 Å². The molecule has 1 aromatic heterocycles. The Morgan fingerprint density at radius 2 is 2.23 bits per heavy atom. The third-order valence-electron chi connectivity index (χ3n) is 4.01. The fourth-order valence-electron chi connectivity index (χ4n) is 2.78. The first kappa shape index (κ1) is 14.6. The predicted molar refractivity (Wildman–Crippen MR) is 81.7 cm³/mol. The number of rotatable bonds is 5. The number of ether oxygens (including phenoxy) is 1. The molecule has 0 saturated carbocycles. The summed E-state index contributed by atoms with van der Waals surface area (Å²) >= 11 is 0. The molecule has 1 aromatic carbocycles. The van der Waals surface area contributed by atoms with Gasteiger partial charge in [0, 0.05) is 13.1 Å². The lowest BCUT2D eigenvalue weighted by molar-refractivity contribution is -0.123. The van der Waals surface area contributed by atoms with Gasteiger partial charge in [-0.1, -0.05) is 12.1 Å². The molecule has 1 atom stereocenters. The van der Waals surface area contributed by atoms with Gasteiger partial charge in [0.05, 0.1) is 13.0 Å². The summed E-state index contributed by atoms with van der Waals surface area (Å²) in [6.07, 6.45) is 4.13. The van der Waals surface area contributed by atoms with Crippen molar-refractivity contribution in [1.82, 2.24) is 20.1 Å².